The molecule has 146 valence electrons. The number of benzene rings is 2. The predicted octanol–water partition coefficient (Wildman–Crippen LogP) is 2.26. The molecule has 1 aliphatic rings. The molecule has 28 heavy (non-hydrogen) atoms. The summed E-state index contributed by atoms with van der Waals surface area (Å²) < 4.78 is 43.7. The van der Waals surface area contributed by atoms with E-state index in [0.29, 0.717) is 11.8 Å². The van der Waals surface area contributed by atoms with Crippen LogP contribution in [-0.4, -0.2) is 23.3 Å². The number of hydrogen-bond acceptors (Lipinski definition) is 4. The summed E-state index contributed by atoms with van der Waals surface area (Å²) in [4.78, 5) is 36.7. The van der Waals surface area contributed by atoms with E-state index < -0.39 is 35.1 Å². The highest BCUT2D eigenvalue weighted by Gasteiger charge is 2.47. The molecule has 0 aromatic heterocycles. The number of hydrogen-bond donors (Lipinski definition) is 3. The van der Waals surface area contributed by atoms with Gasteiger partial charge in [0.05, 0.1) is 11.3 Å². The van der Waals surface area contributed by atoms with Gasteiger partial charge in [-0.1, -0.05) is 18.2 Å². The number of anilines is 1. The van der Waals surface area contributed by atoms with E-state index >= 15 is 0 Å². The second-order valence-electron chi connectivity index (χ2n) is 6.07. The lowest BCUT2D eigenvalue weighted by atomic mass is 10.0. The van der Waals surface area contributed by atoms with Crippen LogP contribution in [0.25, 0.3) is 0 Å². The summed E-state index contributed by atoms with van der Waals surface area (Å²) in [6, 6.07) is 10.1. The zero-order valence-corrected chi connectivity index (χ0v) is 14.4. The lowest BCUT2D eigenvalue weighted by molar-refractivity contribution is -0.147. The van der Waals surface area contributed by atoms with Crippen LogP contribution in [0.1, 0.15) is 22.8 Å². The molecule has 0 fully saturated rings. The minimum Gasteiger partial charge on any atom is -0.465 e. The van der Waals surface area contributed by atoms with E-state index in [9.17, 15) is 27.6 Å². The molecular weight excluding hydrogens is 379 g/mol. The van der Waals surface area contributed by atoms with Crippen LogP contribution in [0.15, 0.2) is 48.5 Å². The Morgan fingerprint density at radius 3 is 2.50 bits per heavy atom. The number of para-hydroxylation sites is 2. The van der Waals surface area contributed by atoms with Crippen LogP contribution in [0.2, 0.25) is 0 Å². The molecule has 1 aliphatic heterocycles. The number of ether oxygens (including phenoxy) is 1. The molecule has 3 N–H and O–H groups in total. The van der Waals surface area contributed by atoms with Gasteiger partial charge >= 0.3 is 6.18 Å². The number of nitrogens with one attached hydrogen (secondary N) is 3. The molecule has 0 bridgehead atoms. The van der Waals surface area contributed by atoms with E-state index in [1.54, 1.807) is 24.3 Å². The van der Waals surface area contributed by atoms with Gasteiger partial charge < -0.3 is 10.1 Å². The van der Waals surface area contributed by atoms with Gasteiger partial charge in [-0.05, 0) is 37.3 Å². The number of carbonyl (C=O) groups excluding carboxylic acids is 3. The Balaban J connectivity index is 1.70. The Morgan fingerprint density at radius 2 is 1.79 bits per heavy atom. The third kappa shape index (κ3) is 3.61. The van der Waals surface area contributed by atoms with Crippen LogP contribution in [-0.2, 0) is 15.8 Å². The van der Waals surface area contributed by atoms with Crippen molar-refractivity contribution in [3.8, 4) is 5.75 Å². The first-order valence-corrected chi connectivity index (χ1v) is 7.99. The second kappa shape index (κ2) is 6.87. The van der Waals surface area contributed by atoms with Crippen molar-refractivity contribution in [1.82, 2.24) is 10.9 Å². The lowest BCUT2D eigenvalue weighted by Crippen LogP contribution is -2.61. The van der Waals surface area contributed by atoms with Gasteiger partial charge in [-0.3, -0.25) is 25.2 Å². The van der Waals surface area contributed by atoms with Crippen molar-refractivity contribution in [1.29, 1.82) is 0 Å². The van der Waals surface area contributed by atoms with Gasteiger partial charge in [-0.15, -0.1) is 0 Å². The Morgan fingerprint density at radius 1 is 1.07 bits per heavy atom. The smallest absolute Gasteiger partial charge is 0.416 e. The van der Waals surface area contributed by atoms with Crippen LogP contribution in [0.5, 0.6) is 5.75 Å². The molecule has 10 heteroatoms. The van der Waals surface area contributed by atoms with E-state index in [0.717, 1.165) is 18.2 Å². The Labute approximate surface area is 156 Å². The van der Waals surface area contributed by atoms with Crippen molar-refractivity contribution in [2.75, 3.05) is 5.32 Å². The van der Waals surface area contributed by atoms with E-state index in [2.05, 4.69) is 5.32 Å². The summed E-state index contributed by atoms with van der Waals surface area (Å²) in [7, 11) is 0. The first kappa shape index (κ1) is 19.2. The minimum atomic E-state index is -4.62. The molecule has 7 nitrogen and oxygen atoms in total. The molecule has 2 aromatic carbocycles. The molecule has 0 saturated carbocycles. The third-order valence-electron chi connectivity index (χ3n) is 4.06. The van der Waals surface area contributed by atoms with E-state index in [4.69, 9.17) is 4.74 Å². The molecule has 1 heterocycles. The summed E-state index contributed by atoms with van der Waals surface area (Å²) >= 11 is 0. The van der Waals surface area contributed by atoms with E-state index in [1.807, 2.05) is 10.9 Å². The molecule has 0 saturated heterocycles. The molecule has 0 radical (unpaired) electrons. The maximum atomic E-state index is 12.7. The van der Waals surface area contributed by atoms with Crippen LogP contribution in [0.4, 0.5) is 18.9 Å². The zero-order chi connectivity index (χ0) is 20.5. The Hall–Kier alpha value is -3.56. The highest BCUT2D eigenvalue weighted by atomic mass is 19.4. The van der Waals surface area contributed by atoms with E-state index in [1.165, 1.54) is 6.92 Å². The van der Waals surface area contributed by atoms with Crippen LogP contribution in [0.3, 0.4) is 0 Å². The highest BCUT2D eigenvalue weighted by Crippen LogP contribution is 2.33. The maximum Gasteiger partial charge on any atom is 0.416 e. The first-order valence-electron chi connectivity index (χ1n) is 7.99. The summed E-state index contributed by atoms with van der Waals surface area (Å²) in [5.41, 5.74) is 1.04. The summed E-state index contributed by atoms with van der Waals surface area (Å²) in [5.74, 6) is -2.50. The largest absolute Gasteiger partial charge is 0.465 e. The SMILES string of the molecule is CC1(C(=O)NNC(=O)c2cccc(C(F)(F)F)c2)Oc2ccccc2NC1=O. The summed E-state index contributed by atoms with van der Waals surface area (Å²) in [5, 5.41) is 2.51. The van der Waals surface area contributed by atoms with Crippen molar-refractivity contribution in [2.24, 2.45) is 0 Å². The standard InChI is InChI=1S/C18H14F3N3O4/c1-17(15(26)22-12-7-2-3-8-13(12)28-17)16(27)24-23-14(25)10-5-4-6-11(9-10)18(19,20)21/h2-9H,1H3,(H,22,26)(H,23,25)(H,24,27). The predicted molar refractivity (Wildman–Crippen MR) is 91.2 cm³/mol. The summed E-state index contributed by atoms with van der Waals surface area (Å²) in [6.07, 6.45) is -4.62. The van der Waals surface area contributed by atoms with Crippen molar-refractivity contribution in [2.45, 2.75) is 18.7 Å². The monoisotopic (exact) mass is 393 g/mol. The third-order valence-corrected chi connectivity index (χ3v) is 4.06. The second-order valence-corrected chi connectivity index (χ2v) is 6.07. The van der Waals surface area contributed by atoms with Gasteiger partial charge in [-0.25, -0.2) is 0 Å². The maximum absolute atomic E-state index is 12.7. The Bertz CT molecular complexity index is 961. The fourth-order valence-corrected chi connectivity index (χ4v) is 2.46. The van der Waals surface area contributed by atoms with Crippen LogP contribution in [0, 0.1) is 0 Å². The van der Waals surface area contributed by atoms with Gasteiger partial charge in [0.2, 0.25) is 0 Å². The topological polar surface area (TPSA) is 96.5 Å². The van der Waals surface area contributed by atoms with Crippen LogP contribution >= 0.6 is 0 Å². The van der Waals surface area contributed by atoms with Crippen molar-refractivity contribution < 1.29 is 32.3 Å². The molecule has 3 rings (SSSR count). The number of rotatable bonds is 2. The zero-order valence-electron chi connectivity index (χ0n) is 14.4. The average molecular weight is 393 g/mol. The molecule has 1 atom stereocenters. The van der Waals surface area contributed by atoms with Crippen molar-refractivity contribution in [3.63, 3.8) is 0 Å². The number of hydrazine groups is 1. The number of alkyl halides is 3. The number of halogens is 3. The number of carbonyl (C=O) groups is 3. The summed E-state index contributed by atoms with van der Waals surface area (Å²) in [6.45, 7) is 1.20. The van der Waals surface area contributed by atoms with Gasteiger partial charge in [-0.2, -0.15) is 13.2 Å². The first-order chi connectivity index (χ1) is 13.1. The van der Waals surface area contributed by atoms with Gasteiger partial charge in [0.15, 0.2) is 0 Å². The molecule has 2 aromatic rings. The average Bonchev–Trinajstić information content (AvgIpc) is 2.66. The van der Waals surface area contributed by atoms with Gasteiger partial charge in [0.25, 0.3) is 23.3 Å². The van der Waals surface area contributed by atoms with Gasteiger partial charge in [0.1, 0.15) is 5.75 Å². The number of fused-ring (bicyclic) bond motifs is 1. The van der Waals surface area contributed by atoms with Crippen molar-refractivity contribution >= 4 is 23.4 Å². The molecule has 0 spiro atoms. The Kier molecular flexibility index (Phi) is 4.72. The highest BCUT2D eigenvalue weighted by molar-refractivity contribution is 6.15. The van der Waals surface area contributed by atoms with E-state index in [-0.39, 0.29) is 11.3 Å². The van der Waals surface area contributed by atoms with Gasteiger partial charge in [0, 0.05) is 5.56 Å². The quantitative estimate of drug-likeness (QED) is 0.539. The molecule has 3 amide bonds. The van der Waals surface area contributed by atoms with Crippen LogP contribution < -0.4 is 20.9 Å². The normalized spacial score (nSPS) is 18.4. The fraction of sp³-hybridized carbons (Fsp3) is 0.167. The fourth-order valence-electron chi connectivity index (χ4n) is 2.46. The molecular formula is C18H14F3N3O4. The molecule has 0 aliphatic carbocycles. The number of amides is 3. The molecule has 1 unspecified atom stereocenters. The lowest BCUT2D eigenvalue weighted by Gasteiger charge is -2.33. The minimum absolute atomic E-state index is 0.254. The van der Waals surface area contributed by atoms with Crippen molar-refractivity contribution in [3.05, 3.63) is 59.7 Å².